The highest BCUT2D eigenvalue weighted by Crippen LogP contribution is 2.35. The van der Waals surface area contributed by atoms with Gasteiger partial charge in [0.1, 0.15) is 4.32 Å². The molecule has 0 radical (unpaired) electrons. The van der Waals surface area contributed by atoms with E-state index in [2.05, 4.69) is 15.9 Å². The first-order valence-corrected chi connectivity index (χ1v) is 11.1. The molecule has 0 amide bonds. The van der Waals surface area contributed by atoms with Gasteiger partial charge in [-0.05, 0) is 26.7 Å². The summed E-state index contributed by atoms with van der Waals surface area (Å²) in [6.45, 7) is 4.05. The van der Waals surface area contributed by atoms with Crippen LogP contribution in [0.3, 0.4) is 0 Å². The lowest BCUT2D eigenvalue weighted by molar-refractivity contribution is -0.145. The van der Waals surface area contributed by atoms with Crippen LogP contribution in [-0.2, 0) is 14.1 Å². The molecule has 0 aliphatic rings. The Morgan fingerprint density at radius 1 is 0.913 bits per heavy atom. The van der Waals surface area contributed by atoms with Crippen LogP contribution in [0.1, 0.15) is 78.1 Å². The molecule has 0 unspecified atom stereocenters. The molecule has 0 aliphatic carbocycles. The number of hydrogen-bond acceptors (Lipinski definition) is 3. The second kappa shape index (κ2) is 12.5. The topological polar surface area (TPSA) is 83.8 Å². The highest BCUT2D eigenvalue weighted by Gasteiger charge is 2.24. The lowest BCUT2D eigenvalue weighted by Gasteiger charge is -2.14. The van der Waals surface area contributed by atoms with E-state index in [1.54, 1.807) is 13.8 Å². The molecule has 0 saturated carbocycles. The minimum Gasteiger partial charge on any atom is -0.465 e. The Hall–Kier alpha value is 0.1000. The average Bonchev–Trinajstić information content (AvgIpc) is 2.41. The van der Waals surface area contributed by atoms with Gasteiger partial charge >= 0.3 is 13.6 Å². The zero-order valence-corrected chi connectivity index (χ0v) is 16.9. The summed E-state index contributed by atoms with van der Waals surface area (Å²) in [6, 6.07) is 0. The predicted molar refractivity (Wildman–Crippen MR) is 97.0 cm³/mol. The molecule has 0 aromatic carbocycles. The molecular weight excluding hydrogens is 383 g/mol. The molecule has 138 valence electrons. The van der Waals surface area contributed by atoms with Gasteiger partial charge in [0, 0.05) is 6.16 Å². The van der Waals surface area contributed by atoms with E-state index in [-0.39, 0.29) is 12.1 Å². The molecule has 0 aromatic heterocycles. The van der Waals surface area contributed by atoms with Gasteiger partial charge < -0.3 is 14.5 Å². The van der Waals surface area contributed by atoms with Crippen LogP contribution >= 0.6 is 23.5 Å². The molecule has 0 atom stereocenters. The summed E-state index contributed by atoms with van der Waals surface area (Å²) in [7, 11) is -3.80. The zero-order chi connectivity index (χ0) is 17.8. The minimum atomic E-state index is -3.80. The van der Waals surface area contributed by atoms with E-state index in [4.69, 9.17) is 14.5 Å². The van der Waals surface area contributed by atoms with Crippen molar-refractivity contribution >= 4 is 29.5 Å². The third-order valence-corrected chi connectivity index (χ3v) is 4.78. The molecule has 2 N–H and O–H groups in total. The van der Waals surface area contributed by atoms with Crippen LogP contribution in [-0.4, -0.2) is 32.8 Å². The monoisotopic (exact) mass is 414 g/mol. The van der Waals surface area contributed by atoms with Crippen molar-refractivity contribution in [3.63, 3.8) is 0 Å². The SMILES string of the molecule is CC(C)(Br)C(=O)OCCCCCCCCCCCCP(=O)(O)O. The van der Waals surface area contributed by atoms with Gasteiger partial charge in [0.05, 0.1) is 6.61 Å². The molecule has 0 heterocycles. The van der Waals surface area contributed by atoms with Gasteiger partial charge in [-0.2, -0.15) is 0 Å². The molecule has 23 heavy (non-hydrogen) atoms. The van der Waals surface area contributed by atoms with Crippen molar-refractivity contribution in [1.29, 1.82) is 0 Å². The number of halogens is 1. The van der Waals surface area contributed by atoms with Crippen molar-refractivity contribution in [2.45, 2.75) is 82.4 Å². The van der Waals surface area contributed by atoms with Gasteiger partial charge in [0.15, 0.2) is 0 Å². The summed E-state index contributed by atoms with van der Waals surface area (Å²) >= 11 is 3.27. The van der Waals surface area contributed by atoms with Crippen molar-refractivity contribution in [2.75, 3.05) is 12.8 Å². The summed E-state index contributed by atoms with van der Waals surface area (Å²) in [6.07, 6.45) is 10.5. The first-order chi connectivity index (χ1) is 10.6. The fraction of sp³-hybridized carbons (Fsp3) is 0.938. The van der Waals surface area contributed by atoms with Crippen LogP contribution in [0.25, 0.3) is 0 Å². The Labute approximate surface area is 148 Å². The number of esters is 1. The Morgan fingerprint density at radius 2 is 1.30 bits per heavy atom. The third kappa shape index (κ3) is 16.7. The van der Waals surface area contributed by atoms with Gasteiger partial charge in [-0.1, -0.05) is 67.3 Å². The van der Waals surface area contributed by atoms with Gasteiger partial charge in [-0.3, -0.25) is 9.36 Å². The van der Waals surface area contributed by atoms with Crippen molar-refractivity contribution < 1.29 is 23.9 Å². The number of ether oxygens (including phenoxy) is 1. The Morgan fingerprint density at radius 3 is 1.70 bits per heavy atom. The summed E-state index contributed by atoms with van der Waals surface area (Å²) in [5.74, 6) is -0.212. The number of carbonyl (C=O) groups excluding carboxylic acids is 1. The number of alkyl halides is 1. The second-order valence-electron chi connectivity index (χ2n) is 6.53. The smallest absolute Gasteiger partial charge is 0.325 e. The summed E-state index contributed by atoms with van der Waals surface area (Å²) in [5, 5.41) is 0. The molecule has 0 bridgehead atoms. The van der Waals surface area contributed by atoms with Crippen molar-refractivity contribution in [3.8, 4) is 0 Å². The number of carbonyl (C=O) groups is 1. The predicted octanol–water partition coefficient (Wildman–Crippen LogP) is 4.78. The van der Waals surface area contributed by atoms with Crippen molar-refractivity contribution in [2.24, 2.45) is 0 Å². The highest BCUT2D eigenvalue weighted by atomic mass is 79.9. The Balaban J connectivity index is 3.23. The van der Waals surface area contributed by atoms with Crippen molar-refractivity contribution in [1.82, 2.24) is 0 Å². The zero-order valence-electron chi connectivity index (χ0n) is 14.4. The van der Waals surface area contributed by atoms with E-state index in [9.17, 15) is 9.36 Å². The number of hydrogen-bond donors (Lipinski definition) is 2. The van der Waals surface area contributed by atoms with Gasteiger partial charge in [0.2, 0.25) is 0 Å². The van der Waals surface area contributed by atoms with E-state index in [0.717, 1.165) is 38.5 Å². The van der Waals surface area contributed by atoms with Crippen LogP contribution < -0.4 is 0 Å². The summed E-state index contributed by atoms with van der Waals surface area (Å²) < 4.78 is 15.2. The van der Waals surface area contributed by atoms with Crippen LogP contribution in [0.15, 0.2) is 0 Å². The standard InChI is InChI=1S/C16H32BrO5P/c1-16(2,17)15(18)22-13-11-9-7-5-3-4-6-8-10-12-14-23(19,20)21/h3-14H2,1-2H3,(H2,19,20,21). The molecule has 5 nitrogen and oxygen atoms in total. The van der Waals surface area contributed by atoms with Crippen LogP contribution in [0.5, 0.6) is 0 Å². The molecule has 7 heteroatoms. The van der Waals surface area contributed by atoms with E-state index in [1.807, 2.05) is 0 Å². The van der Waals surface area contributed by atoms with Crippen LogP contribution in [0.2, 0.25) is 0 Å². The first kappa shape index (κ1) is 23.1. The second-order valence-corrected chi connectivity index (χ2v) is 10.3. The molecular formula is C16H32BrO5P. The summed E-state index contributed by atoms with van der Waals surface area (Å²) in [4.78, 5) is 28.9. The van der Waals surface area contributed by atoms with Crippen LogP contribution in [0, 0.1) is 0 Å². The molecule has 0 rings (SSSR count). The summed E-state index contributed by atoms with van der Waals surface area (Å²) in [5.41, 5.74) is 0. The van der Waals surface area contributed by atoms with Gasteiger partial charge in [-0.15, -0.1) is 0 Å². The molecule has 0 spiro atoms. The maximum absolute atomic E-state index is 11.5. The van der Waals surface area contributed by atoms with E-state index in [0.29, 0.717) is 13.0 Å². The largest absolute Gasteiger partial charge is 0.465 e. The number of unbranched alkanes of at least 4 members (excludes halogenated alkanes) is 9. The molecule has 0 fully saturated rings. The minimum absolute atomic E-state index is 0.0177. The van der Waals surface area contributed by atoms with Crippen molar-refractivity contribution in [3.05, 3.63) is 0 Å². The van der Waals surface area contributed by atoms with E-state index in [1.165, 1.54) is 19.3 Å². The highest BCUT2D eigenvalue weighted by molar-refractivity contribution is 9.10. The molecule has 0 aliphatic heterocycles. The fourth-order valence-corrected chi connectivity index (χ4v) is 2.92. The molecule has 0 saturated heterocycles. The van der Waals surface area contributed by atoms with E-state index < -0.39 is 11.9 Å². The Bertz CT molecular complexity index is 362. The average molecular weight is 415 g/mol. The third-order valence-electron chi connectivity index (χ3n) is 3.56. The lowest BCUT2D eigenvalue weighted by atomic mass is 10.1. The van der Waals surface area contributed by atoms with E-state index >= 15 is 0 Å². The normalized spacial score (nSPS) is 12.4. The maximum atomic E-state index is 11.5. The first-order valence-electron chi connectivity index (χ1n) is 8.53. The van der Waals surface area contributed by atoms with Gasteiger partial charge in [-0.25, -0.2) is 0 Å². The quantitative estimate of drug-likeness (QED) is 0.185. The molecule has 0 aromatic rings. The fourth-order valence-electron chi connectivity index (χ4n) is 2.17. The lowest BCUT2D eigenvalue weighted by Crippen LogP contribution is -2.26. The van der Waals surface area contributed by atoms with Crippen LogP contribution in [0.4, 0.5) is 0 Å². The maximum Gasteiger partial charge on any atom is 0.325 e. The Kier molecular flexibility index (Phi) is 12.5. The number of rotatable bonds is 14. The van der Waals surface area contributed by atoms with Gasteiger partial charge in [0.25, 0.3) is 0 Å².